The van der Waals surface area contributed by atoms with Crippen molar-refractivity contribution in [3.63, 3.8) is 0 Å². The van der Waals surface area contributed by atoms with Crippen molar-refractivity contribution < 1.29 is 4.74 Å². The Bertz CT molecular complexity index is 417. The van der Waals surface area contributed by atoms with E-state index in [2.05, 4.69) is 24.1 Å². The highest BCUT2D eigenvalue weighted by Crippen LogP contribution is 2.28. The first-order chi connectivity index (χ1) is 9.74. The second kappa shape index (κ2) is 7.87. The van der Waals surface area contributed by atoms with Crippen LogP contribution in [-0.2, 0) is 6.54 Å². The van der Waals surface area contributed by atoms with E-state index < -0.39 is 0 Å². The summed E-state index contributed by atoms with van der Waals surface area (Å²) in [6.45, 7) is 8.93. The van der Waals surface area contributed by atoms with Gasteiger partial charge in [0, 0.05) is 29.7 Å². The smallest absolute Gasteiger partial charge is 0.125 e. The molecular formula is C16H25ClN2O. The Balaban J connectivity index is 1.89. The summed E-state index contributed by atoms with van der Waals surface area (Å²) < 4.78 is 5.94. The van der Waals surface area contributed by atoms with Crippen LogP contribution < -0.4 is 10.1 Å². The van der Waals surface area contributed by atoms with Crippen LogP contribution >= 0.6 is 11.6 Å². The number of benzene rings is 1. The molecule has 1 aromatic rings. The molecule has 0 bridgehead atoms. The third kappa shape index (κ3) is 4.65. The number of hydrogen-bond acceptors (Lipinski definition) is 3. The van der Waals surface area contributed by atoms with Gasteiger partial charge < -0.3 is 15.0 Å². The Kier molecular flexibility index (Phi) is 6.14. The number of nitrogens with zero attached hydrogens (tertiary/aromatic N) is 1. The van der Waals surface area contributed by atoms with Crippen molar-refractivity contribution in [2.45, 2.75) is 39.3 Å². The molecule has 0 saturated heterocycles. The molecule has 1 saturated carbocycles. The van der Waals surface area contributed by atoms with Gasteiger partial charge in [0.05, 0.1) is 0 Å². The van der Waals surface area contributed by atoms with Gasteiger partial charge in [0.25, 0.3) is 0 Å². The van der Waals surface area contributed by atoms with E-state index in [9.17, 15) is 0 Å². The Hall–Kier alpha value is -0.770. The van der Waals surface area contributed by atoms with Crippen LogP contribution in [0.1, 0.15) is 32.3 Å². The fourth-order valence-electron chi connectivity index (χ4n) is 2.20. The molecule has 0 unspecified atom stereocenters. The molecule has 1 fully saturated rings. The Morgan fingerprint density at radius 1 is 1.30 bits per heavy atom. The number of ether oxygens (including phenoxy) is 1. The van der Waals surface area contributed by atoms with Gasteiger partial charge in [0.1, 0.15) is 12.4 Å². The second-order valence-electron chi connectivity index (χ2n) is 5.25. The zero-order valence-corrected chi connectivity index (χ0v) is 13.2. The minimum atomic E-state index is 0.676. The van der Waals surface area contributed by atoms with E-state index in [1.54, 1.807) is 0 Å². The fourth-order valence-corrected chi connectivity index (χ4v) is 2.44. The molecule has 0 amide bonds. The summed E-state index contributed by atoms with van der Waals surface area (Å²) in [5.74, 6) is 0.915. The lowest BCUT2D eigenvalue weighted by Gasteiger charge is -2.19. The van der Waals surface area contributed by atoms with Gasteiger partial charge in [-0.25, -0.2) is 0 Å². The molecule has 0 heterocycles. The molecule has 0 radical (unpaired) electrons. The minimum absolute atomic E-state index is 0.676. The molecule has 1 aromatic carbocycles. The van der Waals surface area contributed by atoms with E-state index in [4.69, 9.17) is 16.3 Å². The van der Waals surface area contributed by atoms with Crippen molar-refractivity contribution in [1.82, 2.24) is 10.2 Å². The van der Waals surface area contributed by atoms with Crippen LogP contribution in [0.3, 0.4) is 0 Å². The summed E-state index contributed by atoms with van der Waals surface area (Å²) in [6.07, 6.45) is 2.56. The number of likely N-dealkylation sites (N-methyl/N-ethyl adjacent to an activating group) is 1. The molecule has 4 heteroatoms. The molecular weight excluding hydrogens is 272 g/mol. The zero-order valence-electron chi connectivity index (χ0n) is 12.5. The average molecular weight is 297 g/mol. The van der Waals surface area contributed by atoms with Crippen LogP contribution in [-0.4, -0.2) is 37.2 Å². The third-order valence-electron chi connectivity index (χ3n) is 3.78. The van der Waals surface area contributed by atoms with Gasteiger partial charge in [-0.05, 0) is 38.1 Å². The monoisotopic (exact) mass is 296 g/mol. The van der Waals surface area contributed by atoms with Crippen molar-refractivity contribution >= 4 is 11.6 Å². The Morgan fingerprint density at radius 3 is 2.70 bits per heavy atom. The van der Waals surface area contributed by atoms with Crippen molar-refractivity contribution in [3.8, 4) is 5.75 Å². The van der Waals surface area contributed by atoms with Crippen LogP contribution in [0.25, 0.3) is 0 Å². The van der Waals surface area contributed by atoms with Crippen LogP contribution in [0, 0.1) is 0 Å². The van der Waals surface area contributed by atoms with Crippen molar-refractivity contribution in [2.24, 2.45) is 0 Å². The first-order valence-electron chi connectivity index (χ1n) is 7.60. The predicted molar refractivity (Wildman–Crippen MR) is 84.6 cm³/mol. The summed E-state index contributed by atoms with van der Waals surface area (Å²) in [4.78, 5) is 2.35. The quantitative estimate of drug-likeness (QED) is 0.756. The van der Waals surface area contributed by atoms with Gasteiger partial charge in [0.15, 0.2) is 0 Å². The van der Waals surface area contributed by atoms with Gasteiger partial charge in [0.2, 0.25) is 0 Å². The maximum absolute atomic E-state index is 6.30. The highest BCUT2D eigenvalue weighted by molar-refractivity contribution is 6.31. The van der Waals surface area contributed by atoms with E-state index in [-0.39, 0.29) is 0 Å². The van der Waals surface area contributed by atoms with E-state index in [0.29, 0.717) is 12.6 Å². The molecule has 1 aliphatic carbocycles. The molecule has 0 atom stereocenters. The summed E-state index contributed by atoms with van der Waals surface area (Å²) >= 11 is 6.30. The number of nitrogens with one attached hydrogen (secondary N) is 1. The summed E-state index contributed by atoms with van der Waals surface area (Å²) in [5, 5.41) is 4.29. The van der Waals surface area contributed by atoms with E-state index in [1.807, 2.05) is 18.2 Å². The SMILES string of the molecule is CCN(CC)CCOc1cccc(Cl)c1CNC1CC1. The largest absolute Gasteiger partial charge is 0.492 e. The molecule has 0 aliphatic heterocycles. The number of rotatable bonds is 9. The molecule has 112 valence electrons. The maximum Gasteiger partial charge on any atom is 0.125 e. The van der Waals surface area contributed by atoms with Crippen LogP contribution in [0.4, 0.5) is 0 Å². The van der Waals surface area contributed by atoms with Gasteiger partial charge >= 0.3 is 0 Å². The van der Waals surface area contributed by atoms with E-state index >= 15 is 0 Å². The summed E-state index contributed by atoms with van der Waals surface area (Å²) in [7, 11) is 0. The first-order valence-corrected chi connectivity index (χ1v) is 7.98. The molecule has 2 rings (SSSR count). The molecule has 3 nitrogen and oxygen atoms in total. The first kappa shape index (κ1) is 15.6. The van der Waals surface area contributed by atoms with Crippen LogP contribution in [0.2, 0.25) is 5.02 Å². The van der Waals surface area contributed by atoms with Gasteiger partial charge in [-0.2, -0.15) is 0 Å². The molecule has 0 aromatic heterocycles. The van der Waals surface area contributed by atoms with Gasteiger partial charge in [-0.3, -0.25) is 0 Å². The van der Waals surface area contributed by atoms with E-state index in [1.165, 1.54) is 12.8 Å². The van der Waals surface area contributed by atoms with Crippen molar-refractivity contribution in [1.29, 1.82) is 0 Å². The highest BCUT2D eigenvalue weighted by Gasteiger charge is 2.21. The zero-order chi connectivity index (χ0) is 14.4. The second-order valence-corrected chi connectivity index (χ2v) is 5.65. The van der Waals surface area contributed by atoms with Gasteiger partial charge in [-0.1, -0.05) is 31.5 Å². The van der Waals surface area contributed by atoms with Crippen molar-refractivity contribution in [2.75, 3.05) is 26.2 Å². The summed E-state index contributed by atoms with van der Waals surface area (Å²) in [5.41, 5.74) is 1.08. The lowest BCUT2D eigenvalue weighted by Crippen LogP contribution is -2.28. The Labute approximate surface area is 127 Å². The lowest BCUT2D eigenvalue weighted by atomic mass is 10.2. The normalized spacial score (nSPS) is 14.8. The van der Waals surface area contributed by atoms with Crippen LogP contribution in [0.15, 0.2) is 18.2 Å². The third-order valence-corrected chi connectivity index (χ3v) is 4.13. The fraction of sp³-hybridized carbons (Fsp3) is 0.625. The molecule has 20 heavy (non-hydrogen) atoms. The van der Waals surface area contributed by atoms with Gasteiger partial charge in [-0.15, -0.1) is 0 Å². The van der Waals surface area contributed by atoms with Crippen LogP contribution in [0.5, 0.6) is 5.75 Å². The molecule has 0 spiro atoms. The average Bonchev–Trinajstić information content (AvgIpc) is 3.27. The predicted octanol–water partition coefficient (Wildman–Crippen LogP) is 3.31. The summed E-state index contributed by atoms with van der Waals surface area (Å²) in [6, 6.07) is 6.57. The molecule has 1 N–H and O–H groups in total. The number of halogens is 1. The topological polar surface area (TPSA) is 24.5 Å². The highest BCUT2D eigenvalue weighted by atomic mass is 35.5. The minimum Gasteiger partial charge on any atom is -0.492 e. The standard InChI is InChI=1S/C16H25ClN2O/c1-3-19(4-2)10-11-20-16-7-5-6-15(17)14(16)12-18-13-8-9-13/h5-7,13,18H,3-4,8-12H2,1-2H3. The maximum atomic E-state index is 6.30. The van der Waals surface area contributed by atoms with E-state index in [0.717, 1.165) is 42.5 Å². The molecule has 1 aliphatic rings. The lowest BCUT2D eigenvalue weighted by molar-refractivity contribution is 0.221. The van der Waals surface area contributed by atoms with Crippen molar-refractivity contribution in [3.05, 3.63) is 28.8 Å². The Morgan fingerprint density at radius 2 is 2.05 bits per heavy atom. The number of hydrogen-bond donors (Lipinski definition) is 1.